The van der Waals surface area contributed by atoms with Gasteiger partial charge in [0.05, 0.1) is 19.9 Å². The third-order valence-corrected chi connectivity index (χ3v) is 5.13. The Balaban J connectivity index is 1.91. The predicted octanol–water partition coefficient (Wildman–Crippen LogP) is 4.59. The first-order chi connectivity index (χ1) is 11.1. The van der Waals surface area contributed by atoms with Gasteiger partial charge >= 0.3 is 0 Å². The van der Waals surface area contributed by atoms with Crippen LogP contribution in [0.3, 0.4) is 0 Å². The van der Waals surface area contributed by atoms with Crippen LogP contribution in [0.15, 0.2) is 51.8 Å². The summed E-state index contributed by atoms with van der Waals surface area (Å²) in [4.78, 5) is 13.2. The van der Waals surface area contributed by atoms with Crippen molar-refractivity contribution in [2.75, 3.05) is 25.3 Å². The van der Waals surface area contributed by atoms with Gasteiger partial charge in [0.25, 0.3) is 0 Å². The van der Waals surface area contributed by atoms with Gasteiger partial charge in [0.2, 0.25) is 5.91 Å². The van der Waals surface area contributed by atoms with Gasteiger partial charge in [-0.1, -0.05) is 12.1 Å². The molecule has 0 bridgehead atoms. The Morgan fingerprint density at radius 3 is 2.65 bits per heavy atom. The van der Waals surface area contributed by atoms with Crippen LogP contribution in [0.25, 0.3) is 0 Å². The first-order valence-electron chi connectivity index (χ1n) is 7.03. The van der Waals surface area contributed by atoms with Gasteiger partial charge in [-0.2, -0.15) is 0 Å². The number of methoxy groups -OCH3 is 2. The van der Waals surface area contributed by atoms with E-state index < -0.39 is 0 Å². The average molecular weight is 396 g/mol. The van der Waals surface area contributed by atoms with Crippen LogP contribution >= 0.6 is 27.7 Å². The summed E-state index contributed by atoms with van der Waals surface area (Å²) >= 11 is 5.14. The lowest BCUT2D eigenvalue weighted by Gasteiger charge is -2.11. The summed E-state index contributed by atoms with van der Waals surface area (Å²) < 4.78 is 11.5. The zero-order valence-electron chi connectivity index (χ0n) is 13.0. The molecule has 4 nitrogen and oxygen atoms in total. The molecule has 0 aliphatic rings. The maximum absolute atomic E-state index is 12.1. The zero-order valence-corrected chi connectivity index (χ0v) is 15.4. The fourth-order valence-electron chi connectivity index (χ4n) is 1.94. The quantitative estimate of drug-likeness (QED) is 0.696. The van der Waals surface area contributed by atoms with E-state index in [9.17, 15) is 4.79 Å². The summed E-state index contributed by atoms with van der Waals surface area (Å²) in [5, 5.41) is 2.87. The minimum absolute atomic E-state index is 0.0592. The molecule has 0 saturated carbocycles. The van der Waals surface area contributed by atoms with Crippen molar-refractivity contribution in [3.05, 3.63) is 46.9 Å². The summed E-state index contributed by atoms with van der Waals surface area (Å²) in [6.07, 6.45) is 0.409. The number of rotatable bonds is 7. The van der Waals surface area contributed by atoms with E-state index in [0.717, 1.165) is 9.37 Å². The predicted molar refractivity (Wildman–Crippen MR) is 97.7 cm³/mol. The molecule has 23 heavy (non-hydrogen) atoms. The minimum atomic E-state index is -0.0592. The number of ether oxygens (including phenoxy) is 2. The molecule has 2 aromatic carbocycles. The highest BCUT2D eigenvalue weighted by Crippen LogP contribution is 2.30. The van der Waals surface area contributed by atoms with Gasteiger partial charge in [-0.25, -0.2) is 0 Å². The second-order valence-corrected chi connectivity index (χ2v) is 6.63. The van der Waals surface area contributed by atoms with Crippen LogP contribution in [0.4, 0.5) is 5.69 Å². The van der Waals surface area contributed by atoms with Crippen molar-refractivity contribution in [2.45, 2.75) is 11.3 Å². The molecule has 1 N–H and O–H groups in total. The molecule has 0 radical (unpaired) electrons. The fraction of sp³-hybridized carbons (Fsp3) is 0.235. The lowest BCUT2D eigenvalue weighted by atomic mass is 10.2. The van der Waals surface area contributed by atoms with Gasteiger partial charge < -0.3 is 14.8 Å². The monoisotopic (exact) mass is 395 g/mol. The summed E-state index contributed by atoms with van der Waals surface area (Å²) in [5.41, 5.74) is 0.614. The van der Waals surface area contributed by atoms with Crippen LogP contribution in [0.5, 0.6) is 11.5 Å². The highest BCUT2D eigenvalue weighted by atomic mass is 79.9. The topological polar surface area (TPSA) is 47.6 Å². The second kappa shape index (κ2) is 8.84. The maximum Gasteiger partial charge on any atom is 0.225 e. The highest BCUT2D eigenvalue weighted by molar-refractivity contribution is 9.10. The highest BCUT2D eigenvalue weighted by Gasteiger charge is 2.09. The van der Waals surface area contributed by atoms with Crippen LogP contribution in [0.2, 0.25) is 0 Å². The van der Waals surface area contributed by atoms with E-state index in [4.69, 9.17) is 9.47 Å². The smallest absolute Gasteiger partial charge is 0.225 e. The molecule has 2 rings (SSSR count). The van der Waals surface area contributed by atoms with E-state index >= 15 is 0 Å². The Morgan fingerprint density at radius 1 is 1.17 bits per heavy atom. The van der Waals surface area contributed by atoms with Gasteiger partial charge in [-0.05, 0) is 40.2 Å². The second-order valence-electron chi connectivity index (χ2n) is 4.64. The molecule has 0 atom stereocenters. The number of hydrogen-bond acceptors (Lipinski definition) is 4. The summed E-state index contributed by atoms with van der Waals surface area (Å²) in [6, 6.07) is 13.3. The fourth-order valence-corrected chi connectivity index (χ4v) is 3.46. The van der Waals surface area contributed by atoms with E-state index in [1.165, 1.54) is 0 Å². The van der Waals surface area contributed by atoms with Crippen LogP contribution < -0.4 is 14.8 Å². The Hall–Kier alpha value is -1.66. The number of carbonyl (C=O) groups is 1. The van der Waals surface area contributed by atoms with Crippen LogP contribution in [0.1, 0.15) is 6.42 Å². The largest absolute Gasteiger partial charge is 0.497 e. The number of thioether (sulfide) groups is 1. The normalized spacial score (nSPS) is 10.2. The van der Waals surface area contributed by atoms with E-state index in [1.807, 2.05) is 24.3 Å². The molecule has 1 amide bonds. The number of benzene rings is 2. The van der Waals surface area contributed by atoms with Gasteiger partial charge in [-0.3, -0.25) is 4.79 Å². The van der Waals surface area contributed by atoms with Crippen LogP contribution in [-0.4, -0.2) is 25.9 Å². The van der Waals surface area contributed by atoms with E-state index in [-0.39, 0.29) is 5.91 Å². The molecule has 0 aliphatic heterocycles. The molecular formula is C17H18BrNO3S. The van der Waals surface area contributed by atoms with E-state index in [1.54, 1.807) is 44.2 Å². The van der Waals surface area contributed by atoms with E-state index in [0.29, 0.717) is 29.4 Å². The van der Waals surface area contributed by atoms with Crippen molar-refractivity contribution in [1.82, 2.24) is 0 Å². The Morgan fingerprint density at radius 2 is 1.96 bits per heavy atom. The first-order valence-corrected chi connectivity index (χ1v) is 8.81. The van der Waals surface area contributed by atoms with Crippen molar-refractivity contribution < 1.29 is 14.3 Å². The third kappa shape index (κ3) is 5.18. The minimum Gasteiger partial charge on any atom is -0.497 e. The summed E-state index contributed by atoms with van der Waals surface area (Å²) in [6.45, 7) is 0. The summed E-state index contributed by atoms with van der Waals surface area (Å²) in [7, 11) is 3.15. The maximum atomic E-state index is 12.1. The molecular weight excluding hydrogens is 378 g/mol. The molecule has 0 aromatic heterocycles. The van der Waals surface area contributed by atoms with Crippen LogP contribution in [-0.2, 0) is 4.79 Å². The Bertz CT molecular complexity index is 679. The Labute approximate surface area is 148 Å². The molecule has 0 spiro atoms. The number of nitrogens with one attached hydrogen (secondary N) is 1. The standard InChI is InChI=1S/C17H18BrNO3S/c1-21-12-7-8-15(22-2)14(11-12)19-17(20)9-10-23-16-6-4-3-5-13(16)18/h3-8,11H,9-10H2,1-2H3,(H,19,20). The number of carbonyl (C=O) groups excluding carboxylic acids is 1. The number of hydrogen-bond donors (Lipinski definition) is 1. The van der Waals surface area contributed by atoms with Gasteiger partial charge in [0.15, 0.2) is 0 Å². The van der Waals surface area contributed by atoms with Gasteiger partial charge in [-0.15, -0.1) is 11.8 Å². The molecule has 122 valence electrons. The first kappa shape index (κ1) is 17.7. The lowest BCUT2D eigenvalue weighted by molar-refractivity contribution is -0.115. The number of anilines is 1. The van der Waals surface area contributed by atoms with Gasteiger partial charge in [0.1, 0.15) is 11.5 Å². The lowest BCUT2D eigenvalue weighted by Crippen LogP contribution is -2.13. The average Bonchev–Trinajstić information content (AvgIpc) is 2.56. The van der Waals surface area contributed by atoms with Crippen molar-refractivity contribution in [3.8, 4) is 11.5 Å². The number of amides is 1. The molecule has 0 heterocycles. The van der Waals surface area contributed by atoms with Crippen molar-refractivity contribution in [3.63, 3.8) is 0 Å². The SMILES string of the molecule is COc1ccc(OC)c(NC(=O)CCSc2ccccc2Br)c1. The summed E-state index contributed by atoms with van der Waals surface area (Å²) in [5.74, 6) is 1.91. The molecule has 2 aromatic rings. The third-order valence-electron chi connectivity index (χ3n) is 3.10. The number of halogens is 1. The van der Waals surface area contributed by atoms with Crippen molar-refractivity contribution in [1.29, 1.82) is 0 Å². The Kier molecular flexibility index (Phi) is 6.80. The van der Waals surface area contributed by atoms with Gasteiger partial charge in [0, 0.05) is 27.6 Å². The zero-order chi connectivity index (χ0) is 16.7. The molecule has 0 saturated heterocycles. The van der Waals surface area contributed by atoms with E-state index in [2.05, 4.69) is 21.2 Å². The molecule has 0 unspecified atom stereocenters. The molecule has 0 aliphatic carbocycles. The molecule has 6 heteroatoms. The van der Waals surface area contributed by atoms with Crippen LogP contribution in [0, 0.1) is 0 Å². The van der Waals surface area contributed by atoms with Crippen molar-refractivity contribution in [2.24, 2.45) is 0 Å². The van der Waals surface area contributed by atoms with Crippen molar-refractivity contribution >= 4 is 39.3 Å². The molecule has 0 fully saturated rings.